The molecule has 1 aromatic carbocycles. The third kappa shape index (κ3) is 5.40. The van der Waals surface area contributed by atoms with Crippen molar-refractivity contribution in [2.75, 3.05) is 25.6 Å². The highest BCUT2D eigenvalue weighted by molar-refractivity contribution is 5.92. The second-order valence-corrected chi connectivity index (χ2v) is 5.95. The van der Waals surface area contributed by atoms with Gasteiger partial charge in [0, 0.05) is 13.5 Å². The highest BCUT2D eigenvalue weighted by Gasteiger charge is 2.31. The van der Waals surface area contributed by atoms with E-state index in [9.17, 15) is 18.0 Å². The fraction of sp³-hybridized carbons (Fsp3) is 0.588. The number of halogens is 3. The van der Waals surface area contributed by atoms with Gasteiger partial charge in [0.2, 0.25) is 5.91 Å². The maximum Gasteiger partial charge on any atom is 0.416 e. The van der Waals surface area contributed by atoms with Crippen molar-refractivity contribution in [3.8, 4) is 5.75 Å². The van der Waals surface area contributed by atoms with Crippen LogP contribution >= 0.6 is 0 Å². The highest BCUT2D eigenvalue weighted by Crippen LogP contribution is 2.35. The molecule has 7 heteroatoms. The first kappa shape index (κ1) is 18.6. The number of hydrogen-bond donors (Lipinski definition) is 1. The number of ether oxygens (including phenoxy) is 2. The molecule has 0 spiro atoms. The first-order valence-corrected chi connectivity index (χ1v) is 8.03. The second-order valence-electron chi connectivity index (χ2n) is 5.95. The number of methoxy groups -OCH3 is 1. The predicted octanol–water partition coefficient (Wildman–Crippen LogP) is 4.25. The van der Waals surface area contributed by atoms with Gasteiger partial charge in [-0.3, -0.25) is 4.79 Å². The second kappa shape index (κ2) is 8.37. The molecule has 1 amide bonds. The monoisotopic (exact) mass is 345 g/mol. The zero-order valence-electron chi connectivity index (χ0n) is 13.6. The van der Waals surface area contributed by atoms with Crippen molar-refractivity contribution < 1.29 is 27.4 Å². The van der Waals surface area contributed by atoms with Gasteiger partial charge in [0.1, 0.15) is 12.4 Å². The van der Waals surface area contributed by atoms with Gasteiger partial charge in [-0.2, -0.15) is 13.2 Å². The van der Waals surface area contributed by atoms with Crippen molar-refractivity contribution in [1.82, 2.24) is 0 Å². The zero-order valence-corrected chi connectivity index (χ0v) is 13.6. The van der Waals surface area contributed by atoms with Crippen molar-refractivity contribution in [2.24, 2.45) is 5.92 Å². The first-order chi connectivity index (χ1) is 11.4. The van der Waals surface area contributed by atoms with E-state index >= 15 is 0 Å². The van der Waals surface area contributed by atoms with Gasteiger partial charge in [-0.1, -0.05) is 12.8 Å². The number of carbonyl (C=O) groups is 1. The average Bonchev–Trinajstić information content (AvgIpc) is 3.00. The van der Waals surface area contributed by atoms with Crippen molar-refractivity contribution in [3.63, 3.8) is 0 Å². The molecule has 1 N–H and O–H groups in total. The SMILES string of the molecule is COCCOc1ccc(C(F)(F)F)cc1NC(=O)CC1CCCC1. The number of anilines is 1. The smallest absolute Gasteiger partial charge is 0.416 e. The Bertz CT molecular complexity index is 555. The molecular formula is C17H22F3NO3. The lowest BCUT2D eigenvalue weighted by molar-refractivity contribution is -0.137. The summed E-state index contributed by atoms with van der Waals surface area (Å²) < 4.78 is 49.0. The van der Waals surface area contributed by atoms with E-state index in [2.05, 4.69) is 5.32 Å². The Morgan fingerprint density at radius 3 is 2.58 bits per heavy atom. The molecule has 1 aliphatic rings. The van der Waals surface area contributed by atoms with Crippen molar-refractivity contribution in [1.29, 1.82) is 0 Å². The van der Waals surface area contributed by atoms with E-state index in [1.54, 1.807) is 0 Å². The largest absolute Gasteiger partial charge is 0.489 e. The van der Waals surface area contributed by atoms with E-state index in [0.717, 1.165) is 37.8 Å². The van der Waals surface area contributed by atoms with Crippen molar-refractivity contribution in [2.45, 2.75) is 38.3 Å². The molecule has 0 aromatic heterocycles. The number of amides is 1. The molecule has 0 heterocycles. The predicted molar refractivity (Wildman–Crippen MR) is 84.0 cm³/mol. The van der Waals surface area contributed by atoms with E-state index in [1.807, 2.05) is 0 Å². The molecule has 0 bridgehead atoms. The Morgan fingerprint density at radius 2 is 1.96 bits per heavy atom. The summed E-state index contributed by atoms with van der Waals surface area (Å²) in [5.74, 6) is 0.242. The summed E-state index contributed by atoms with van der Waals surface area (Å²) in [6.07, 6.45) is 0.0456. The molecule has 0 radical (unpaired) electrons. The molecule has 0 atom stereocenters. The third-order valence-corrected chi connectivity index (χ3v) is 4.07. The fourth-order valence-corrected chi connectivity index (χ4v) is 2.84. The van der Waals surface area contributed by atoms with Gasteiger partial charge >= 0.3 is 6.18 Å². The van der Waals surface area contributed by atoms with Gasteiger partial charge in [-0.05, 0) is 37.0 Å². The number of rotatable bonds is 7. The van der Waals surface area contributed by atoms with Crippen LogP contribution in [0, 0.1) is 5.92 Å². The van der Waals surface area contributed by atoms with Gasteiger partial charge in [0.05, 0.1) is 17.9 Å². The van der Waals surface area contributed by atoms with E-state index in [1.165, 1.54) is 13.2 Å². The average molecular weight is 345 g/mol. The van der Waals surface area contributed by atoms with Gasteiger partial charge in [0.25, 0.3) is 0 Å². The van der Waals surface area contributed by atoms with Gasteiger partial charge in [0.15, 0.2) is 0 Å². The summed E-state index contributed by atoms with van der Waals surface area (Å²) in [6, 6.07) is 3.08. The number of nitrogens with one attached hydrogen (secondary N) is 1. The minimum atomic E-state index is -4.48. The van der Waals surface area contributed by atoms with Crippen LogP contribution in [0.2, 0.25) is 0 Å². The Balaban J connectivity index is 2.11. The molecule has 0 saturated heterocycles. The molecule has 24 heavy (non-hydrogen) atoms. The minimum Gasteiger partial charge on any atom is -0.489 e. The Hall–Kier alpha value is -1.76. The van der Waals surface area contributed by atoms with E-state index in [0.29, 0.717) is 18.9 Å². The van der Waals surface area contributed by atoms with Crippen LogP contribution in [0.15, 0.2) is 18.2 Å². The third-order valence-electron chi connectivity index (χ3n) is 4.07. The van der Waals surface area contributed by atoms with Crippen LogP contribution < -0.4 is 10.1 Å². The molecule has 1 fully saturated rings. The van der Waals surface area contributed by atoms with Crippen LogP contribution in [0.3, 0.4) is 0 Å². The minimum absolute atomic E-state index is 0.0453. The molecular weight excluding hydrogens is 323 g/mol. The van der Waals surface area contributed by atoms with Gasteiger partial charge < -0.3 is 14.8 Å². The van der Waals surface area contributed by atoms with Crippen LogP contribution in [-0.4, -0.2) is 26.2 Å². The number of benzene rings is 1. The van der Waals surface area contributed by atoms with E-state index < -0.39 is 11.7 Å². The van der Waals surface area contributed by atoms with Gasteiger partial charge in [-0.25, -0.2) is 0 Å². The fourth-order valence-electron chi connectivity index (χ4n) is 2.84. The van der Waals surface area contributed by atoms with Gasteiger partial charge in [-0.15, -0.1) is 0 Å². The molecule has 1 aromatic rings. The summed E-state index contributed by atoms with van der Waals surface area (Å²) in [7, 11) is 1.50. The molecule has 0 aliphatic heterocycles. The van der Waals surface area contributed by atoms with Crippen molar-refractivity contribution in [3.05, 3.63) is 23.8 Å². The Morgan fingerprint density at radius 1 is 1.25 bits per heavy atom. The zero-order chi connectivity index (χ0) is 17.6. The number of hydrogen-bond acceptors (Lipinski definition) is 3. The normalized spacial score (nSPS) is 15.5. The van der Waals surface area contributed by atoms with Crippen LogP contribution in [-0.2, 0) is 15.7 Å². The Kier molecular flexibility index (Phi) is 6.48. The topological polar surface area (TPSA) is 47.6 Å². The summed E-state index contributed by atoms with van der Waals surface area (Å²) in [5.41, 5.74) is -0.776. The van der Waals surface area contributed by atoms with Crippen LogP contribution in [0.5, 0.6) is 5.75 Å². The lowest BCUT2D eigenvalue weighted by Crippen LogP contribution is -2.17. The van der Waals surface area contributed by atoms with E-state index in [4.69, 9.17) is 9.47 Å². The summed E-state index contributed by atoms with van der Waals surface area (Å²) in [4.78, 5) is 12.1. The highest BCUT2D eigenvalue weighted by atomic mass is 19.4. The first-order valence-electron chi connectivity index (χ1n) is 8.03. The molecule has 1 aliphatic carbocycles. The van der Waals surface area contributed by atoms with Crippen LogP contribution in [0.25, 0.3) is 0 Å². The summed E-state index contributed by atoms with van der Waals surface area (Å²) in [6.45, 7) is 0.490. The van der Waals surface area contributed by atoms with Crippen LogP contribution in [0.4, 0.5) is 18.9 Å². The molecule has 1 saturated carbocycles. The van der Waals surface area contributed by atoms with Crippen molar-refractivity contribution >= 4 is 11.6 Å². The molecule has 4 nitrogen and oxygen atoms in total. The maximum absolute atomic E-state index is 12.9. The lowest BCUT2D eigenvalue weighted by atomic mass is 10.0. The maximum atomic E-state index is 12.9. The number of carbonyl (C=O) groups excluding carboxylic acids is 1. The summed E-state index contributed by atoms with van der Waals surface area (Å²) in [5, 5.41) is 2.57. The molecule has 134 valence electrons. The summed E-state index contributed by atoms with van der Waals surface area (Å²) >= 11 is 0. The molecule has 0 unspecified atom stereocenters. The standard InChI is InChI=1S/C17H22F3NO3/c1-23-8-9-24-15-7-6-13(17(18,19)20)11-14(15)21-16(22)10-12-4-2-3-5-12/h6-7,11-12H,2-5,8-10H2,1H3,(H,21,22). The Labute approximate surface area is 139 Å². The number of alkyl halides is 3. The molecule has 2 rings (SSSR count). The van der Waals surface area contributed by atoms with Crippen LogP contribution in [0.1, 0.15) is 37.7 Å². The van der Waals surface area contributed by atoms with E-state index in [-0.39, 0.29) is 24.0 Å². The lowest BCUT2D eigenvalue weighted by Gasteiger charge is -2.16. The quantitative estimate of drug-likeness (QED) is 0.752.